The highest BCUT2D eigenvalue weighted by molar-refractivity contribution is 5.37. The molecule has 1 aromatic rings. The third-order valence-electron chi connectivity index (χ3n) is 3.26. The number of nitriles is 1. The monoisotopic (exact) mass is 248 g/mol. The molecule has 1 saturated heterocycles. The Morgan fingerprint density at radius 1 is 1.56 bits per heavy atom. The van der Waals surface area contributed by atoms with Crippen LogP contribution >= 0.6 is 0 Å². The Bertz CT molecular complexity index is 456. The maximum absolute atomic E-state index is 13.2. The summed E-state index contributed by atoms with van der Waals surface area (Å²) >= 11 is 0. The van der Waals surface area contributed by atoms with Gasteiger partial charge in [-0.3, -0.25) is 4.90 Å². The second-order valence-corrected chi connectivity index (χ2v) is 4.55. The molecule has 1 fully saturated rings. The summed E-state index contributed by atoms with van der Waals surface area (Å²) in [6.45, 7) is 5.09. The van der Waals surface area contributed by atoms with Crippen LogP contribution in [-0.4, -0.2) is 30.7 Å². The number of nitrogens with zero attached hydrogens (tertiary/aromatic N) is 2. The first kappa shape index (κ1) is 13.0. The van der Waals surface area contributed by atoms with Gasteiger partial charge in [0.05, 0.1) is 24.3 Å². The van der Waals surface area contributed by atoms with Gasteiger partial charge in [0, 0.05) is 19.6 Å². The summed E-state index contributed by atoms with van der Waals surface area (Å²) in [7, 11) is 0. The molecule has 18 heavy (non-hydrogen) atoms. The van der Waals surface area contributed by atoms with Gasteiger partial charge in [0.25, 0.3) is 0 Å². The van der Waals surface area contributed by atoms with Crippen molar-refractivity contribution in [2.24, 2.45) is 0 Å². The number of benzene rings is 1. The number of morpholine rings is 1. The number of halogens is 1. The summed E-state index contributed by atoms with van der Waals surface area (Å²) in [5.41, 5.74) is 1.31. The van der Waals surface area contributed by atoms with Gasteiger partial charge >= 0.3 is 0 Å². The molecule has 0 aliphatic carbocycles. The van der Waals surface area contributed by atoms with Gasteiger partial charge in [-0.2, -0.15) is 5.26 Å². The largest absolute Gasteiger partial charge is 0.376 e. The van der Waals surface area contributed by atoms with E-state index in [2.05, 4.69) is 17.9 Å². The van der Waals surface area contributed by atoms with E-state index < -0.39 is 0 Å². The number of rotatable bonds is 3. The zero-order valence-electron chi connectivity index (χ0n) is 10.5. The van der Waals surface area contributed by atoms with E-state index in [1.807, 2.05) is 0 Å². The second kappa shape index (κ2) is 5.94. The van der Waals surface area contributed by atoms with E-state index in [9.17, 15) is 4.39 Å². The van der Waals surface area contributed by atoms with E-state index in [4.69, 9.17) is 10.00 Å². The molecule has 0 amide bonds. The van der Waals surface area contributed by atoms with Crippen molar-refractivity contribution in [1.82, 2.24) is 4.90 Å². The maximum Gasteiger partial charge on any atom is 0.123 e. The average molecular weight is 248 g/mol. The van der Waals surface area contributed by atoms with Crippen LogP contribution in [0.25, 0.3) is 0 Å². The van der Waals surface area contributed by atoms with E-state index >= 15 is 0 Å². The molecule has 1 aliphatic heterocycles. The van der Waals surface area contributed by atoms with Gasteiger partial charge in [-0.05, 0) is 30.2 Å². The average Bonchev–Trinajstić information content (AvgIpc) is 2.39. The Labute approximate surface area is 107 Å². The Hall–Kier alpha value is -1.44. The van der Waals surface area contributed by atoms with E-state index in [1.54, 1.807) is 6.07 Å². The fraction of sp³-hybridized carbons (Fsp3) is 0.500. The molecule has 1 atom stereocenters. The van der Waals surface area contributed by atoms with Crippen molar-refractivity contribution in [1.29, 1.82) is 5.26 Å². The van der Waals surface area contributed by atoms with Crippen LogP contribution in [0.2, 0.25) is 0 Å². The quantitative estimate of drug-likeness (QED) is 0.823. The first-order valence-electron chi connectivity index (χ1n) is 6.25. The van der Waals surface area contributed by atoms with E-state index in [0.717, 1.165) is 25.1 Å². The van der Waals surface area contributed by atoms with Crippen molar-refractivity contribution < 1.29 is 9.13 Å². The van der Waals surface area contributed by atoms with Crippen LogP contribution in [0, 0.1) is 17.1 Å². The van der Waals surface area contributed by atoms with Crippen molar-refractivity contribution in [3.63, 3.8) is 0 Å². The molecule has 4 heteroatoms. The molecule has 0 saturated carbocycles. The molecule has 1 aliphatic rings. The van der Waals surface area contributed by atoms with Crippen LogP contribution < -0.4 is 0 Å². The van der Waals surface area contributed by atoms with Crippen molar-refractivity contribution in [2.45, 2.75) is 26.0 Å². The lowest BCUT2D eigenvalue weighted by Crippen LogP contribution is -2.41. The van der Waals surface area contributed by atoms with Crippen LogP contribution in [0.4, 0.5) is 4.39 Å². The zero-order valence-corrected chi connectivity index (χ0v) is 10.5. The summed E-state index contributed by atoms with van der Waals surface area (Å²) in [6, 6.07) is 6.44. The van der Waals surface area contributed by atoms with Gasteiger partial charge in [-0.1, -0.05) is 6.92 Å². The van der Waals surface area contributed by atoms with Crippen molar-refractivity contribution in [2.75, 3.05) is 19.7 Å². The molecule has 0 bridgehead atoms. The Balaban J connectivity index is 2.09. The minimum atomic E-state index is -0.288. The Morgan fingerprint density at radius 2 is 2.39 bits per heavy atom. The van der Waals surface area contributed by atoms with Gasteiger partial charge in [0.15, 0.2) is 0 Å². The lowest BCUT2D eigenvalue weighted by atomic mass is 10.1. The fourth-order valence-corrected chi connectivity index (χ4v) is 2.21. The molecule has 0 spiro atoms. The number of hydrogen-bond donors (Lipinski definition) is 0. The topological polar surface area (TPSA) is 36.3 Å². The van der Waals surface area contributed by atoms with Crippen LogP contribution in [0.15, 0.2) is 18.2 Å². The van der Waals surface area contributed by atoms with Gasteiger partial charge < -0.3 is 4.74 Å². The lowest BCUT2D eigenvalue weighted by Gasteiger charge is -2.32. The molecule has 1 unspecified atom stereocenters. The highest BCUT2D eigenvalue weighted by Gasteiger charge is 2.19. The van der Waals surface area contributed by atoms with Crippen molar-refractivity contribution in [3.05, 3.63) is 35.1 Å². The summed E-state index contributed by atoms with van der Waals surface area (Å²) < 4.78 is 18.8. The molecule has 3 nitrogen and oxygen atoms in total. The van der Waals surface area contributed by atoms with Crippen molar-refractivity contribution in [3.8, 4) is 6.07 Å². The highest BCUT2D eigenvalue weighted by atomic mass is 19.1. The minimum Gasteiger partial charge on any atom is -0.376 e. The summed E-state index contributed by atoms with van der Waals surface area (Å²) in [5, 5.41) is 9.02. The van der Waals surface area contributed by atoms with Crippen molar-refractivity contribution >= 4 is 0 Å². The standard InChI is InChI=1S/C14H17FN2O/c1-2-14-10-17(5-6-18-14)9-12-7-13(15)4-3-11(12)8-16/h3-4,7,14H,2,5-6,9-10H2,1H3. The molecule has 2 rings (SSSR count). The first-order valence-corrected chi connectivity index (χ1v) is 6.25. The van der Waals surface area contributed by atoms with E-state index in [0.29, 0.717) is 18.7 Å². The summed E-state index contributed by atoms with van der Waals surface area (Å²) in [5.74, 6) is -0.288. The lowest BCUT2D eigenvalue weighted by molar-refractivity contribution is -0.0325. The predicted molar refractivity (Wildman–Crippen MR) is 66.4 cm³/mol. The smallest absolute Gasteiger partial charge is 0.123 e. The molecular formula is C14H17FN2O. The second-order valence-electron chi connectivity index (χ2n) is 4.55. The SMILES string of the molecule is CCC1CN(Cc2cc(F)ccc2C#N)CCO1. The minimum absolute atomic E-state index is 0.248. The predicted octanol–water partition coefficient (Wildman–Crippen LogP) is 2.31. The molecule has 1 heterocycles. The van der Waals surface area contributed by atoms with Gasteiger partial charge in [-0.25, -0.2) is 4.39 Å². The third-order valence-corrected chi connectivity index (χ3v) is 3.26. The van der Waals surface area contributed by atoms with Gasteiger partial charge in [0.2, 0.25) is 0 Å². The van der Waals surface area contributed by atoms with Gasteiger partial charge in [-0.15, -0.1) is 0 Å². The molecule has 96 valence electrons. The molecule has 0 N–H and O–H groups in total. The molecule has 0 aromatic heterocycles. The molecule has 1 aromatic carbocycles. The van der Waals surface area contributed by atoms with E-state index in [-0.39, 0.29) is 11.9 Å². The summed E-state index contributed by atoms with van der Waals surface area (Å²) in [4.78, 5) is 2.22. The van der Waals surface area contributed by atoms with Crippen LogP contribution in [-0.2, 0) is 11.3 Å². The first-order chi connectivity index (χ1) is 8.72. The fourth-order valence-electron chi connectivity index (χ4n) is 2.21. The Morgan fingerprint density at radius 3 is 3.11 bits per heavy atom. The number of hydrogen-bond acceptors (Lipinski definition) is 3. The van der Waals surface area contributed by atoms with Crippen LogP contribution in [0.5, 0.6) is 0 Å². The number of ether oxygens (including phenoxy) is 1. The molecular weight excluding hydrogens is 231 g/mol. The van der Waals surface area contributed by atoms with Gasteiger partial charge in [0.1, 0.15) is 5.82 Å². The highest BCUT2D eigenvalue weighted by Crippen LogP contribution is 2.16. The Kier molecular flexibility index (Phi) is 4.29. The van der Waals surface area contributed by atoms with Crippen LogP contribution in [0.3, 0.4) is 0 Å². The normalized spacial score (nSPS) is 20.6. The van der Waals surface area contributed by atoms with Crippen LogP contribution in [0.1, 0.15) is 24.5 Å². The zero-order chi connectivity index (χ0) is 13.0. The summed E-state index contributed by atoms with van der Waals surface area (Å²) in [6.07, 6.45) is 1.22. The maximum atomic E-state index is 13.2. The third kappa shape index (κ3) is 3.06. The molecule has 0 radical (unpaired) electrons. The van der Waals surface area contributed by atoms with E-state index in [1.165, 1.54) is 12.1 Å².